The third kappa shape index (κ3) is 3.60. The Hall–Kier alpha value is -4.24. The molecule has 0 saturated heterocycles. The van der Waals surface area contributed by atoms with Crippen LogP contribution >= 0.6 is 11.8 Å². The standard InChI is InChI=1S/C26H20N6O2S/c1-16-9-8-14-20(17(16)2)31-24(33)19-12-6-7-13-21(19)32-25(31)29-30-26(32)35-15-22-27-28-23(34-22)18-10-4-3-5-11-18/h3-14H,15H2,1-2H3. The van der Waals surface area contributed by atoms with E-state index in [0.717, 1.165) is 27.9 Å². The Morgan fingerprint density at radius 3 is 2.51 bits per heavy atom. The van der Waals surface area contributed by atoms with Crippen LogP contribution in [0.5, 0.6) is 0 Å². The van der Waals surface area contributed by atoms with Gasteiger partial charge in [-0.3, -0.25) is 9.20 Å². The minimum Gasteiger partial charge on any atom is -0.420 e. The fourth-order valence-corrected chi connectivity index (χ4v) is 4.88. The van der Waals surface area contributed by atoms with E-state index in [1.165, 1.54) is 11.8 Å². The quantitative estimate of drug-likeness (QED) is 0.321. The zero-order valence-corrected chi connectivity index (χ0v) is 19.9. The van der Waals surface area contributed by atoms with Gasteiger partial charge in [0.15, 0.2) is 5.16 Å². The number of nitrogens with zero attached hydrogens (tertiary/aromatic N) is 6. The number of rotatable bonds is 5. The minimum atomic E-state index is -0.129. The van der Waals surface area contributed by atoms with E-state index in [4.69, 9.17) is 4.42 Å². The van der Waals surface area contributed by atoms with Crippen LogP contribution in [0, 0.1) is 13.8 Å². The third-order valence-corrected chi connectivity index (χ3v) is 6.94. The highest BCUT2D eigenvalue weighted by Crippen LogP contribution is 2.27. The van der Waals surface area contributed by atoms with Crippen LogP contribution < -0.4 is 5.56 Å². The molecule has 0 N–H and O–H groups in total. The fraction of sp³-hybridized carbons (Fsp3) is 0.115. The van der Waals surface area contributed by atoms with Gasteiger partial charge in [-0.25, -0.2) is 4.57 Å². The predicted molar refractivity (Wildman–Crippen MR) is 135 cm³/mol. The third-order valence-electron chi connectivity index (χ3n) is 6.02. The smallest absolute Gasteiger partial charge is 0.267 e. The maximum Gasteiger partial charge on any atom is 0.267 e. The zero-order chi connectivity index (χ0) is 23.9. The second kappa shape index (κ2) is 8.52. The van der Waals surface area contributed by atoms with E-state index < -0.39 is 0 Å². The van der Waals surface area contributed by atoms with E-state index >= 15 is 0 Å². The van der Waals surface area contributed by atoms with Crippen LogP contribution in [-0.4, -0.2) is 29.4 Å². The summed E-state index contributed by atoms with van der Waals surface area (Å²) in [5, 5.41) is 18.4. The van der Waals surface area contributed by atoms with Crippen LogP contribution in [0.2, 0.25) is 0 Å². The lowest BCUT2D eigenvalue weighted by Crippen LogP contribution is -2.22. The lowest BCUT2D eigenvalue weighted by Gasteiger charge is -2.14. The lowest BCUT2D eigenvalue weighted by atomic mass is 10.1. The van der Waals surface area contributed by atoms with E-state index in [1.54, 1.807) is 4.57 Å². The molecule has 0 spiro atoms. The first kappa shape index (κ1) is 21.3. The molecule has 0 fully saturated rings. The molecule has 35 heavy (non-hydrogen) atoms. The van der Waals surface area contributed by atoms with Gasteiger partial charge in [-0.1, -0.05) is 54.2 Å². The minimum absolute atomic E-state index is 0.129. The van der Waals surface area contributed by atoms with Crippen molar-refractivity contribution in [1.82, 2.24) is 29.4 Å². The van der Waals surface area contributed by atoms with E-state index in [-0.39, 0.29) is 5.56 Å². The first-order valence-corrected chi connectivity index (χ1v) is 12.1. The molecular weight excluding hydrogens is 460 g/mol. The highest BCUT2D eigenvalue weighted by atomic mass is 32.2. The number of aryl methyl sites for hydroxylation is 1. The molecule has 9 heteroatoms. The van der Waals surface area contributed by atoms with Crippen molar-refractivity contribution in [3.8, 4) is 17.1 Å². The first-order valence-electron chi connectivity index (χ1n) is 11.1. The molecule has 0 atom stereocenters. The summed E-state index contributed by atoms with van der Waals surface area (Å²) in [5.41, 5.74) is 4.39. The molecule has 8 nitrogen and oxygen atoms in total. The van der Waals surface area contributed by atoms with Crippen molar-refractivity contribution in [3.05, 3.63) is 100 Å². The Bertz CT molecular complexity index is 1750. The molecule has 0 aliphatic heterocycles. The van der Waals surface area contributed by atoms with Crippen molar-refractivity contribution in [1.29, 1.82) is 0 Å². The molecule has 0 aliphatic carbocycles. The maximum atomic E-state index is 13.6. The van der Waals surface area contributed by atoms with Crippen molar-refractivity contribution >= 4 is 28.4 Å². The van der Waals surface area contributed by atoms with Crippen LogP contribution in [0.4, 0.5) is 0 Å². The molecule has 6 rings (SSSR count). The number of thioether (sulfide) groups is 1. The van der Waals surface area contributed by atoms with Crippen molar-refractivity contribution in [3.63, 3.8) is 0 Å². The SMILES string of the molecule is Cc1cccc(-n2c(=O)c3ccccc3n3c(SCc4nnc(-c5ccccc5)o4)nnc23)c1C. The number of fused-ring (bicyclic) bond motifs is 3. The van der Waals surface area contributed by atoms with Crippen molar-refractivity contribution in [2.45, 2.75) is 24.8 Å². The van der Waals surface area contributed by atoms with E-state index in [0.29, 0.717) is 33.9 Å². The maximum absolute atomic E-state index is 13.6. The summed E-state index contributed by atoms with van der Waals surface area (Å²) in [6.45, 7) is 4.04. The number of hydrogen-bond donors (Lipinski definition) is 0. The lowest BCUT2D eigenvalue weighted by molar-refractivity contribution is 0.528. The Kier molecular flexibility index (Phi) is 5.18. The Labute approximate surface area is 204 Å². The topological polar surface area (TPSA) is 91.1 Å². The summed E-state index contributed by atoms with van der Waals surface area (Å²) < 4.78 is 9.41. The highest BCUT2D eigenvalue weighted by Gasteiger charge is 2.20. The van der Waals surface area contributed by atoms with Gasteiger partial charge < -0.3 is 4.42 Å². The van der Waals surface area contributed by atoms with E-state index in [9.17, 15) is 4.79 Å². The molecule has 3 aromatic carbocycles. The summed E-state index contributed by atoms with van der Waals surface area (Å²) >= 11 is 1.43. The Balaban J connectivity index is 1.45. The fourth-order valence-electron chi connectivity index (χ4n) is 4.10. The number of para-hydroxylation sites is 1. The molecular formula is C26H20N6O2S. The second-order valence-electron chi connectivity index (χ2n) is 8.15. The van der Waals surface area contributed by atoms with Crippen LogP contribution in [0.3, 0.4) is 0 Å². The molecule has 172 valence electrons. The summed E-state index contributed by atoms with van der Waals surface area (Å²) in [4.78, 5) is 13.6. The van der Waals surface area contributed by atoms with Gasteiger partial charge in [0.25, 0.3) is 5.56 Å². The number of hydrogen-bond acceptors (Lipinski definition) is 7. The molecule has 0 radical (unpaired) electrons. The molecule has 3 aromatic heterocycles. The molecule has 0 unspecified atom stereocenters. The molecule has 3 heterocycles. The largest absolute Gasteiger partial charge is 0.420 e. The monoisotopic (exact) mass is 480 g/mol. The van der Waals surface area contributed by atoms with Gasteiger partial charge in [0.1, 0.15) is 0 Å². The van der Waals surface area contributed by atoms with Crippen LogP contribution in [-0.2, 0) is 5.75 Å². The van der Waals surface area contributed by atoms with Gasteiger partial charge in [-0.05, 0) is 55.3 Å². The Morgan fingerprint density at radius 2 is 1.66 bits per heavy atom. The molecule has 0 saturated carbocycles. The zero-order valence-electron chi connectivity index (χ0n) is 19.0. The van der Waals surface area contributed by atoms with E-state index in [1.807, 2.05) is 91.0 Å². The van der Waals surface area contributed by atoms with Crippen molar-refractivity contribution in [2.24, 2.45) is 0 Å². The summed E-state index contributed by atoms with van der Waals surface area (Å²) in [6, 6.07) is 23.1. The second-order valence-corrected chi connectivity index (χ2v) is 9.09. The van der Waals surface area contributed by atoms with Gasteiger partial charge in [0.05, 0.1) is 22.3 Å². The first-order chi connectivity index (χ1) is 17.1. The summed E-state index contributed by atoms with van der Waals surface area (Å²) in [6.07, 6.45) is 0. The van der Waals surface area contributed by atoms with E-state index in [2.05, 4.69) is 20.4 Å². The van der Waals surface area contributed by atoms with Crippen molar-refractivity contribution in [2.75, 3.05) is 0 Å². The van der Waals surface area contributed by atoms with Crippen LogP contribution in [0.25, 0.3) is 33.8 Å². The molecule has 6 aromatic rings. The van der Waals surface area contributed by atoms with Gasteiger partial charge in [0, 0.05) is 5.56 Å². The molecule has 0 aliphatic rings. The number of aromatic nitrogens is 6. The summed E-state index contributed by atoms with van der Waals surface area (Å²) in [5.74, 6) is 1.83. The number of benzene rings is 3. The Morgan fingerprint density at radius 1 is 0.857 bits per heavy atom. The summed E-state index contributed by atoms with van der Waals surface area (Å²) in [7, 11) is 0. The van der Waals surface area contributed by atoms with Crippen LogP contribution in [0.15, 0.2) is 87.2 Å². The van der Waals surface area contributed by atoms with Crippen molar-refractivity contribution < 1.29 is 4.42 Å². The van der Waals surface area contributed by atoms with Gasteiger partial charge in [-0.15, -0.1) is 20.4 Å². The average Bonchev–Trinajstić information content (AvgIpc) is 3.53. The highest BCUT2D eigenvalue weighted by molar-refractivity contribution is 7.98. The average molecular weight is 481 g/mol. The predicted octanol–water partition coefficient (Wildman–Crippen LogP) is 4.99. The molecule has 0 bridgehead atoms. The van der Waals surface area contributed by atoms with Crippen LogP contribution in [0.1, 0.15) is 17.0 Å². The normalized spacial score (nSPS) is 11.5. The van der Waals surface area contributed by atoms with Gasteiger partial charge in [-0.2, -0.15) is 0 Å². The van der Waals surface area contributed by atoms with Gasteiger partial charge >= 0.3 is 0 Å². The van der Waals surface area contributed by atoms with Gasteiger partial charge in [0.2, 0.25) is 17.6 Å². The molecule has 0 amide bonds.